The molecule has 4 heteroatoms. The summed E-state index contributed by atoms with van der Waals surface area (Å²) in [6.45, 7) is 2.93. The zero-order valence-electron chi connectivity index (χ0n) is 9.95. The van der Waals surface area contributed by atoms with Crippen LogP contribution < -0.4 is 5.32 Å². The van der Waals surface area contributed by atoms with Gasteiger partial charge in [0.05, 0.1) is 0 Å². The van der Waals surface area contributed by atoms with E-state index in [2.05, 4.69) is 21.2 Å². The molecule has 1 aliphatic heterocycles. The van der Waals surface area contributed by atoms with Crippen LogP contribution in [0.2, 0.25) is 0 Å². The third-order valence-corrected chi connectivity index (χ3v) is 3.61. The second-order valence-corrected chi connectivity index (χ2v) is 5.47. The number of carbonyl (C=O) groups is 1. The Balaban J connectivity index is 1.98. The third-order valence-electron chi connectivity index (χ3n) is 3.11. The molecule has 0 spiro atoms. The largest absolute Gasteiger partial charge is 0.341 e. The molecule has 1 aromatic rings. The number of amides is 1. The van der Waals surface area contributed by atoms with E-state index in [0.29, 0.717) is 5.92 Å². The van der Waals surface area contributed by atoms with Crippen LogP contribution in [-0.2, 0) is 0 Å². The Morgan fingerprint density at radius 2 is 2.41 bits per heavy atom. The normalized spacial score (nSPS) is 19.3. The minimum absolute atomic E-state index is 0.0956. The number of hydrogen-bond donors (Lipinski definition) is 1. The average Bonchev–Trinajstić information content (AvgIpc) is 2.80. The van der Waals surface area contributed by atoms with Gasteiger partial charge in [-0.1, -0.05) is 22.0 Å². The molecule has 92 valence electrons. The first kappa shape index (κ1) is 12.6. The van der Waals surface area contributed by atoms with Crippen LogP contribution in [0.4, 0.5) is 0 Å². The first-order valence-electron chi connectivity index (χ1n) is 5.88. The van der Waals surface area contributed by atoms with E-state index in [1.54, 1.807) is 0 Å². The molecule has 1 N–H and O–H groups in total. The molecule has 0 bridgehead atoms. The van der Waals surface area contributed by atoms with Crippen LogP contribution in [0, 0.1) is 5.92 Å². The number of hydrogen-bond acceptors (Lipinski definition) is 2. The lowest BCUT2D eigenvalue weighted by Crippen LogP contribution is -2.32. The molecule has 1 heterocycles. The molecule has 1 atom stereocenters. The fraction of sp³-hybridized carbons (Fsp3) is 0.462. The minimum Gasteiger partial charge on any atom is -0.341 e. The van der Waals surface area contributed by atoms with E-state index < -0.39 is 0 Å². The lowest BCUT2D eigenvalue weighted by molar-refractivity contribution is 0.0776. The third kappa shape index (κ3) is 3.30. The van der Waals surface area contributed by atoms with Gasteiger partial charge in [-0.25, -0.2) is 0 Å². The Labute approximate surface area is 110 Å². The van der Waals surface area contributed by atoms with Crippen LogP contribution in [0.15, 0.2) is 28.7 Å². The molecular formula is C13H17BrN2O. The Bertz CT molecular complexity index is 402. The van der Waals surface area contributed by atoms with Crippen LogP contribution in [0.3, 0.4) is 0 Å². The first-order valence-corrected chi connectivity index (χ1v) is 6.68. The maximum absolute atomic E-state index is 12.2. The van der Waals surface area contributed by atoms with Crippen LogP contribution in [-0.4, -0.2) is 37.5 Å². The Morgan fingerprint density at radius 3 is 3.06 bits per heavy atom. The van der Waals surface area contributed by atoms with E-state index in [1.807, 2.05) is 36.2 Å². The molecule has 0 radical (unpaired) electrons. The number of benzene rings is 1. The van der Waals surface area contributed by atoms with E-state index in [-0.39, 0.29) is 5.91 Å². The van der Waals surface area contributed by atoms with Crippen molar-refractivity contribution in [2.24, 2.45) is 5.92 Å². The zero-order valence-corrected chi connectivity index (χ0v) is 11.5. The number of carbonyl (C=O) groups excluding carboxylic acids is 1. The molecular weight excluding hydrogens is 280 g/mol. The van der Waals surface area contributed by atoms with Crippen molar-refractivity contribution in [3.8, 4) is 0 Å². The van der Waals surface area contributed by atoms with E-state index >= 15 is 0 Å². The molecule has 1 fully saturated rings. The highest BCUT2D eigenvalue weighted by molar-refractivity contribution is 9.10. The van der Waals surface area contributed by atoms with Gasteiger partial charge in [-0.3, -0.25) is 4.79 Å². The number of rotatable bonds is 3. The molecule has 0 saturated carbocycles. The van der Waals surface area contributed by atoms with Gasteiger partial charge in [0.2, 0.25) is 0 Å². The molecule has 1 amide bonds. The summed E-state index contributed by atoms with van der Waals surface area (Å²) in [5.74, 6) is 0.689. The summed E-state index contributed by atoms with van der Waals surface area (Å²) < 4.78 is 0.944. The number of nitrogens with zero attached hydrogens (tertiary/aromatic N) is 1. The van der Waals surface area contributed by atoms with Crippen molar-refractivity contribution in [3.05, 3.63) is 34.3 Å². The highest BCUT2D eigenvalue weighted by Gasteiger charge is 2.19. The van der Waals surface area contributed by atoms with Crippen molar-refractivity contribution >= 4 is 21.8 Å². The van der Waals surface area contributed by atoms with Crippen molar-refractivity contribution in [3.63, 3.8) is 0 Å². The van der Waals surface area contributed by atoms with E-state index in [1.165, 1.54) is 0 Å². The Morgan fingerprint density at radius 1 is 1.59 bits per heavy atom. The fourth-order valence-corrected chi connectivity index (χ4v) is 2.58. The first-order chi connectivity index (χ1) is 8.16. The van der Waals surface area contributed by atoms with Crippen molar-refractivity contribution in [2.75, 3.05) is 26.7 Å². The fourth-order valence-electron chi connectivity index (χ4n) is 2.18. The Kier molecular flexibility index (Phi) is 4.18. The molecule has 2 rings (SSSR count). The summed E-state index contributed by atoms with van der Waals surface area (Å²) >= 11 is 3.39. The standard InChI is InChI=1S/C13H17BrN2O/c1-16(9-10-5-6-15-8-10)13(17)11-3-2-4-12(14)7-11/h2-4,7,10,15H,5-6,8-9H2,1H3. The maximum atomic E-state index is 12.2. The predicted molar refractivity (Wildman–Crippen MR) is 72.1 cm³/mol. The van der Waals surface area contributed by atoms with Crippen LogP contribution in [0.5, 0.6) is 0 Å². The molecule has 0 aromatic heterocycles. The lowest BCUT2D eigenvalue weighted by Gasteiger charge is -2.20. The molecule has 1 saturated heterocycles. The summed E-state index contributed by atoms with van der Waals surface area (Å²) in [5, 5.41) is 3.32. The Hall–Kier alpha value is -0.870. The SMILES string of the molecule is CN(CC1CCNC1)C(=O)c1cccc(Br)c1. The van der Waals surface area contributed by atoms with Gasteiger partial charge in [0.15, 0.2) is 0 Å². The smallest absolute Gasteiger partial charge is 0.253 e. The summed E-state index contributed by atoms with van der Waals surface area (Å²) in [5.41, 5.74) is 0.743. The highest BCUT2D eigenvalue weighted by atomic mass is 79.9. The van der Waals surface area contributed by atoms with Crippen LogP contribution in [0.25, 0.3) is 0 Å². The quantitative estimate of drug-likeness (QED) is 0.927. The van der Waals surface area contributed by atoms with Gasteiger partial charge in [0, 0.05) is 23.6 Å². The summed E-state index contributed by atoms with van der Waals surface area (Å²) in [6.07, 6.45) is 1.16. The van der Waals surface area contributed by atoms with E-state index in [9.17, 15) is 4.79 Å². The second-order valence-electron chi connectivity index (χ2n) is 4.55. The second kappa shape index (κ2) is 5.65. The summed E-state index contributed by atoms with van der Waals surface area (Å²) in [6, 6.07) is 7.54. The van der Waals surface area contributed by atoms with Gasteiger partial charge < -0.3 is 10.2 Å². The van der Waals surface area contributed by atoms with Crippen LogP contribution in [0.1, 0.15) is 16.8 Å². The molecule has 1 unspecified atom stereocenters. The molecule has 3 nitrogen and oxygen atoms in total. The van der Waals surface area contributed by atoms with Gasteiger partial charge in [0.25, 0.3) is 5.91 Å². The van der Waals surface area contributed by atoms with Gasteiger partial charge >= 0.3 is 0 Å². The predicted octanol–water partition coefficient (Wildman–Crippen LogP) is 2.13. The summed E-state index contributed by atoms with van der Waals surface area (Å²) in [4.78, 5) is 14.0. The van der Waals surface area contributed by atoms with Gasteiger partial charge in [0.1, 0.15) is 0 Å². The molecule has 1 aromatic carbocycles. The van der Waals surface area contributed by atoms with Crippen molar-refractivity contribution < 1.29 is 4.79 Å². The van der Waals surface area contributed by atoms with Crippen molar-refractivity contribution in [1.29, 1.82) is 0 Å². The van der Waals surface area contributed by atoms with E-state index in [4.69, 9.17) is 0 Å². The topological polar surface area (TPSA) is 32.3 Å². The van der Waals surface area contributed by atoms with E-state index in [0.717, 1.165) is 36.1 Å². The summed E-state index contributed by atoms with van der Waals surface area (Å²) in [7, 11) is 1.88. The van der Waals surface area contributed by atoms with Gasteiger partial charge in [-0.2, -0.15) is 0 Å². The van der Waals surface area contributed by atoms with Crippen molar-refractivity contribution in [1.82, 2.24) is 10.2 Å². The van der Waals surface area contributed by atoms with Gasteiger partial charge in [-0.15, -0.1) is 0 Å². The number of nitrogens with one attached hydrogen (secondary N) is 1. The van der Waals surface area contributed by atoms with Gasteiger partial charge in [-0.05, 0) is 43.6 Å². The maximum Gasteiger partial charge on any atom is 0.253 e. The zero-order chi connectivity index (χ0) is 12.3. The highest BCUT2D eigenvalue weighted by Crippen LogP contribution is 2.15. The molecule has 0 aliphatic carbocycles. The molecule has 17 heavy (non-hydrogen) atoms. The van der Waals surface area contributed by atoms with Crippen LogP contribution >= 0.6 is 15.9 Å². The number of halogens is 1. The molecule has 1 aliphatic rings. The average molecular weight is 297 g/mol. The lowest BCUT2D eigenvalue weighted by atomic mass is 10.1. The minimum atomic E-state index is 0.0956. The van der Waals surface area contributed by atoms with Crippen molar-refractivity contribution in [2.45, 2.75) is 6.42 Å². The monoisotopic (exact) mass is 296 g/mol.